The van der Waals surface area contributed by atoms with Crippen molar-refractivity contribution in [2.24, 2.45) is 0 Å². The van der Waals surface area contributed by atoms with Gasteiger partial charge in [0, 0.05) is 31.8 Å². The van der Waals surface area contributed by atoms with Gasteiger partial charge in [0.15, 0.2) is 0 Å². The second kappa shape index (κ2) is 5.29. The molecule has 1 saturated heterocycles. The van der Waals surface area contributed by atoms with Crippen LogP contribution in [0, 0.1) is 0 Å². The summed E-state index contributed by atoms with van der Waals surface area (Å²) in [4.78, 5) is 8.22. The topological polar surface area (TPSA) is 76.5 Å². The first-order valence-corrected chi connectivity index (χ1v) is 5.72. The molecule has 0 spiro atoms. The van der Waals surface area contributed by atoms with Crippen molar-refractivity contribution >= 4 is 5.95 Å². The molecule has 1 atom stereocenters. The second-order valence-corrected chi connectivity index (χ2v) is 4.03. The van der Waals surface area contributed by atoms with Gasteiger partial charge in [-0.15, -0.1) is 0 Å². The van der Waals surface area contributed by atoms with Crippen LogP contribution in [-0.2, 0) is 4.74 Å². The quantitative estimate of drug-likeness (QED) is 0.776. The van der Waals surface area contributed by atoms with Crippen LogP contribution in [-0.4, -0.2) is 47.0 Å². The largest absolute Gasteiger partial charge is 0.478 e. The Bertz CT molecular complexity index is 367. The minimum Gasteiger partial charge on any atom is -0.478 e. The number of hydrogen-bond donors (Lipinski definition) is 2. The third-order valence-electron chi connectivity index (χ3n) is 2.58. The summed E-state index contributed by atoms with van der Waals surface area (Å²) in [7, 11) is 0. The number of hydrogen-bond acceptors (Lipinski definition) is 6. The van der Waals surface area contributed by atoms with Crippen LogP contribution in [0.3, 0.4) is 0 Å². The van der Waals surface area contributed by atoms with Crippen molar-refractivity contribution in [3.8, 4) is 5.88 Å². The molecule has 94 valence electrons. The van der Waals surface area contributed by atoms with Crippen LogP contribution in [0.25, 0.3) is 0 Å². The third kappa shape index (κ3) is 3.28. The van der Waals surface area contributed by atoms with Gasteiger partial charge >= 0.3 is 0 Å². The monoisotopic (exact) mass is 239 g/mol. The number of nitrogens with one attached hydrogen (secondary N) is 1. The van der Waals surface area contributed by atoms with Crippen LogP contribution in [0.4, 0.5) is 5.95 Å². The maximum Gasteiger partial charge on any atom is 0.226 e. The highest BCUT2D eigenvalue weighted by atomic mass is 16.5. The molecule has 1 aliphatic heterocycles. The zero-order chi connectivity index (χ0) is 12.1. The average Bonchev–Trinajstić information content (AvgIpc) is 2.76. The molecule has 17 heavy (non-hydrogen) atoms. The summed E-state index contributed by atoms with van der Waals surface area (Å²) >= 11 is 0. The molecule has 0 bridgehead atoms. The predicted octanol–water partition coefficient (Wildman–Crippen LogP) is 0.439. The number of aromatic nitrogens is 2. The SMILES string of the molecule is CCOc1ccnc(NCC2(O)CCOC2)n1. The molecular formula is C11H17N3O3. The molecule has 0 radical (unpaired) electrons. The molecule has 0 aromatic carbocycles. The van der Waals surface area contributed by atoms with Crippen LogP contribution in [0.1, 0.15) is 13.3 Å². The van der Waals surface area contributed by atoms with Crippen molar-refractivity contribution in [1.29, 1.82) is 0 Å². The van der Waals surface area contributed by atoms with Crippen molar-refractivity contribution in [1.82, 2.24) is 9.97 Å². The molecule has 1 unspecified atom stereocenters. The van der Waals surface area contributed by atoms with E-state index in [1.165, 1.54) is 0 Å². The van der Waals surface area contributed by atoms with Gasteiger partial charge in [-0.1, -0.05) is 0 Å². The lowest BCUT2D eigenvalue weighted by Crippen LogP contribution is -2.37. The Hall–Kier alpha value is -1.40. The van der Waals surface area contributed by atoms with Crippen LogP contribution in [0.2, 0.25) is 0 Å². The molecule has 1 aromatic rings. The van der Waals surface area contributed by atoms with E-state index < -0.39 is 5.60 Å². The Labute approximate surface area is 100.0 Å². The van der Waals surface area contributed by atoms with Gasteiger partial charge in [0.25, 0.3) is 0 Å². The Morgan fingerprint density at radius 1 is 1.65 bits per heavy atom. The van der Waals surface area contributed by atoms with Gasteiger partial charge < -0.3 is 19.9 Å². The van der Waals surface area contributed by atoms with Crippen LogP contribution in [0.5, 0.6) is 5.88 Å². The van der Waals surface area contributed by atoms with Crippen molar-refractivity contribution in [3.05, 3.63) is 12.3 Å². The van der Waals surface area contributed by atoms with Gasteiger partial charge in [-0.3, -0.25) is 0 Å². The van der Waals surface area contributed by atoms with Gasteiger partial charge in [-0.2, -0.15) is 4.98 Å². The summed E-state index contributed by atoms with van der Waals surface area (Å²) in [6.07, 6.45) is 2.25. The highest BCUT2D eigenvalue weighted by molar-refractivity contribution is 5.28. The zero-order valence-electron chi connectivity index (χ0n) is 9.85. The fourth-order valence-corrected chi connectivity index (χ4v) is 1.64. The number of aliphatic hydroxyl groups is 1. The molecule has 1 aromatic heterocycles. The molecule has 6 heteroatoms. The van der Waals surface area contributed by atoms with Crippen LogP contribution >= 0.6 is 0 Å². The van der Waals surface area contributed by atoms with E-state index in [9.17, 15) is 5.11 Å². The maximum atomic E-state index is 10.1. The molecule has 0 saturated carbocycles. The summed E-state index contributed by atoms with van der Waals surface area (Å²) in [5.41, 5.74) is -0.815. The summed E-state index contributed by atoms with van der Waals surface area (Å²) in [5.74, 6) is 0.982. The summed E-state index contributed by atoms with van der Waals surface area (Å²) in [5, 5.41) is 13.0. The van der Waals surface area contributed by atoms with Gasteiger partial charge in [0.1, 0.15) is 5.60 Å². The molecular weight excluding hydrogens is 222 g/mol. The van der Waals surface area contributed by atoms with E-state index in [4.69, 9.17) is 9.47 Å². The number of anilines is 1. The molecule has 2 heterocycles. The summed E-state index contributed by atoms with van der Waals surface area (Å²) in [6, 6.07) is 1.70. The van der Waals surface area contributed by atoms with Gasteiger partial charge in [-0.05, 0) is 6.92 Å². The lowest BCUT2D eigenvalue weighted by molar-refractivity contribution is 0.0380. The highest BCUT2D eigenvalue weighted by Gasteiger charge is 2.32. The number of nitrogens with zero attached hydrogens (tertiary/aromatic N) is 2. The Balaban J connectivity index is 1.91. The first kappa shape index (κ1) is 12.1. The lowest BCUT2D eigenvalue weighted by Gasteiger charge is -2.20. The summed E-state index contributed by atoms with van der Waals surface area (Å²) in [6.45, 7) is 3.79. The van der Waals surface area contributed by atoms with E-state index in [1.807, 2.05) is 6.92 Å². The predicted molar refractivity (Wildman–Crippen MR) is 62.1 cm³/mol. The van der Waals surface area contributed by atoms with E-state index in [0.29, 0.717) is 44.6 Å². The van der Waals surface area contributed by atoms with Gasteiger partial charge in [0.05, 0.1) is 13.2 Å². The molecule has 2 N–H and O–H groups in total. The molecule has 2 rings (SSSR count). The van der Waals surface area contributed by atoms with Crippen LogP contribution in [0.15, 0.2) is 12.3 Å². The smallest absolute Gasteiger partial charge is 0.226 e. The van der Waals surface area contributed by atoms with E-state index in [2.05, 4.69) is 15.3 Å². The lowest BCUT2D eigenvalue weighted by atomic mass is 10.0. The zero-order valence-corrected chi connectivity index (χ0v) is 9.85. The standard InChI is InChI=1S/C11H17N3O3/c1-2-17-9-3-5-12-10(14-9)13-7-11(15)4-6-16-8-11/h3,5,15H,2,4,6-8H2,1H3,(H,12,13,14). The first-order chi connectivity index (χ1) is 8.22. The Morgan fingerprint density at radius 3 is 3.24 bits per heavy atom. The van der Waals surface area contributed by atoms with Crippen molar-refractivity contribution < 1.29 is 14.6 Å². The average molecular weight is 239 g/mol. The highest BCUT2D eigenvalue weighted by Crippen LogP contribution is 2.18. The van der Waals surface area contributed by atoms with E-state index in [-0.39, 0.29) is 0 Å². The molecule has 0 amide bonds. The Morgan fingerprint density at radius 2 is 2.53 bits per heavy atom. The second-order valence-electron chi connectivity index (χ2n) is 4.03. The third-order valence-corrected chi connectivity index (χ3v) is 2.58. The minimum atomic E-state index is -0.815. The van der Waals surface area contributed by atoms with E-state index >= 15 is 0 Å². The van der Waals surface area contributed by atoms with Crippen molar-refractivity contribution in [2.45, 2.75) is 18.9 Å². The van der Waals surface area contributed by atoms with E-state index in [1.54, 1.807) is 12.3 Å². The first-order valence-electron chi connectivity index (χ1n) is 5.72. The van der Waals surface area contributed by atoms with Gasteiger partial charge in [-0.25, -0.2) is 4.98 Å². The molecule has 1 aliphatic rings. The summed E-state index contributed by atoms with van der Waals surface area (Å²) < 4.78 is 10.4. The molecule has 1 fully saturated rings. The van der Waals surface area contributed by atoms with Crippen molar-refractivity contribution in [3.63, 3.8) is 0 Å². The minimum absolute atomic E-state index is 0.352. The fraction of sp³-hybridized carbons (Fsp3) is 0.636. The van der Waals surface area contributed by atoms with Crippen molar-refractivity contribution in [2.75, 3.05) is 31.7 Å². The van der Waals surface area contributed by atoms with Gasteiger partial charge in [0.2, 0.25) is 11.8 Å². The normalized spacial score (nSPS) is 23.6. The Kier molecular flexibility index (Phi) is 3.75. The van der Waals surface area contributed by atoms with Crippen LogP contribution < -0.4 is 10.1 Å². The number of rotatable bonds is 5. The van der Waals surface area contributed by atoms with E-state index in [0.717, 1.165) is 0 Å². The molecule has 6 nitrogen and oxygen atoms in total. The number of ether oxygens (including phenoxy) is 2. The maximum absolute atomic E-state index is 10.1. The molecule has 0 aliphatic carbocycles. The fourth-order valence-electron chi connectivity index (χ4n) is 1.64.